The van der Waals surface area contributed by atoms with E-state index >= 15 is 0 Å². The summed E-state index contributed by atoms with van der Waals surface area (Å²) in [5.74, 6) is -0.284. The quantitative estimate of drug-likeness (QED) is 0.725. The lowest BCUT2D eigenvalue weighted by molar-refractivity contribution is 0.0456. The number of hydrogen-bond donors (Lipinski definition) is 0. The van der Waals surface area contributed by atoms with Gasteiger partial charge in [0.2, 0.25) is 0 Å². The van der Waals surface area contributed by atoms with Crippen LogP contribution in [0, 0.1) is 6.92 Å². The van der Waals surface area contributed by atoms with Crippen LogP contribution >= 0.6 is 11.6 Å². The Bertz CT molecular complexity index is 634. The molecule has 3 heteroatoms. The predicted molar refractivity (Wildman–Crippen MR) is 69.9 cm³/mol. The van der Waals surface area contributed by atoms with E-state index in [4.69, 9.17) is 16.3 Å². The summed E-state index contributed by atoms with van der Waals surface area (Å²) < 4.78 is 5.43. The molecule has 1 atom stereocenters. The lowest BCUT2D eigenvalue weighted by Gasteiger charge is -2.13. The molecular formula is C15H11ClO2. The zero-order valence-electron chi connectivity index (χ0n) is 9.81. The summed E-state index contributed by atoms with van der Waals surface area (Å²) in [5, 5.41) is 0.620. The lowest BCUT2D eigenvalue weighted by Crippen LogP contribution is -2.01. The molecule has 2 aromatic rings. The van der Waals surface area contributed by atoms with Crippen LogP contribution in [0.3, 0.4) is 0 Å². The SMILES string of the molecule is Cc1ccc(Cl)c(C2OC(=O)c3ccccc32)c1. The van der Waals surface area contributed by atoms with E-state index in [-0.39, 0.29) is 12.1 Å². The molecule has 1 unspecified atom stereocenters. The minimum Gasteiger partial charge on any atom is -0.449 e. The minimum atomic E-state index is -0.388. The number of carbonyl (C=O) groups excluding carboxylic acids is 1. The summed E-state index contributed by atoms with van der Waals surface area (Å²) >= 11 is 6.20. The number of aryl methyl sites for hydroxylation is 1. The highest BCUT2D eigenvalue weighted by atomic mass is 35.5. The van der Waals surface area contributed by atoms with Gasteiger partial charge in [-0.3, -0.25) is 0 Å². The van der Waals surface area contributed by atoms with Crippen molar-refractivity contribution in [1.82, 2.24) is 0 Å². The Morgan fingerprint density at radius 2 is 1.89 bits per heavy atom. The molecule has 1 aliphatic rings. The largest absolute Gasteiger partial charge is 0.449 e. The number of benzene rings is 2. The number of esters is 1. The third-order valence-corrected chi connectivity index (χ3v) is 3.47. The molecule has 90 valence electrons. The summed E-state index contributed by atoms with van der Waals surface area (Å²) in [5.41, 5.74) is 3.44. The molecular weight excluding hydrogens is 248 g/mol. The summed E-state index contributed by atoms with van der Waals surface area (Å²) in [6, 6.07) is 13.2. The fourth-order valence-corrected chi connectivity index (χ4v) is 2.46. The first-order valence-corrected chi connectivity index (χ1v) is 6.10. The molecule has 0 amide bonds. The topological polar surface area (TPSA) is 26.3 Å². The molecule has 0 aliphatic carbocycles. The van der Waals surface area contributed by atoms with E-state index in [0.29, 0.717) is 10.6 Å². The maximum Gasteiger partial charge on any atom is 0.339 e. The second kappa shape index (κ2) is 4.14. The highest BCUT2D eigenvalue weighted by Crippen LogP contribution is 2.38. The van der Waals surface area contributed by atoms with Crippen LogP contribution in [0.4, 0.5) is 0 Å². The van der Waals surface area contributed by atoms with Crippen molar-refractivity contribution in [3.63, 3.8) is 0 Å². The first-order chi connectivity index (χ1) is 8.66. The summed E-state index contributed by atoms with van der Waals surface area (Å²) in [6.07, 6.45) is -0.388. The second-order valence-electron chi connectivity index (χ2n) is 4.40. The molecule has 0 radical (unpaired) electrons. The molecule has 0 N–H and O–H groups in total. The monoisotopic (exact) mass is 258 g/mol. The van der Waals surface area contributed by atoms with Crippen molar-refractivity contribution in [2.75, 3.05) is 0 Å². The normalized spacial score (nSPS) is 17.4. The molecule has 0 bridgehead atoms. The number of carbonyl (C=O) groups is 1. The van der Waals surface area contributed by atoms with Crippen LogP contribution in [0.15, 0.2) is 42.5 Å². The van der Waals surface area contributed by atoms with Crippen molar-refractivity contribution in [2.24, 2.45) is 0 Å². The number of halogens is 1. The van der Waals surface area contributed by atoms with Gasteiger partial charge in [-0.15, -0.1) is 0 Å². The number of cyclic esters (lactones) is 1. The van der Waals surface area contributed by atoms with Crippen molar-refractivity contribution in [2.45, 2.75) is 13.0 Å². The maximum absolute atomic E-state index is 11.8. The van der Waals surface area contributed by atoms with Crippen LogP contribution in [0.5, 0.6) is 0 Å². The van der Waals surface area contributed by atoms with E-state index in [0.717, 1.165) is 16.7 Å². The second-order valence-corrected chi connectivity index (χ2v) is 4.80. The Labute approximate surface area is 110 Å². The van der Waals surface area contributed by atoms with Crippen molar-refractivity contribution in [3.05, 3.63) is 69.7 Å². The first-order valence-electron chi connectivity index (χ1n) is 5.73. The molecule has 0 fully saturated rings. The number of rotatable bonds is 1. The minimum absolute atomic E-state index is 0.284. The Morgan fingerprint density at radius 3 is 2.72 bits per heavy atom. The average molecular weight is 259 g/mol. The van der Waals surface area contributed by atoms with E-state index in [1.54, 1.807) is 6.07 Å². The highest BCUT2D eigenvalue weighted by Gasteiger charge is 2.32. The van der Waals surface area contributed by atoms with E-state index < -0.39 is 0 Å². The fourth-order valence-electron chi connectivity index (χ4n) is 2.24. The van der Waals surface area contributed by atoms with Crippen molar-refractivity contribution in [1.29, 1.82) is 0 Å². The van der Waals surface area contributed by atoms with Crippen LogP contribution in [0.1, 0.15) is 33.2 Å². The predicted octanol–water partition coefficient (Wildman–Crippen LogP) is 3.91. The van der Waals surface area contributed by atoms with Gasteiger partial charge < -0.3 is 4.74 Å². The Kier molecular flexibility index (Phi) is 2.60. The zero-order valence-corrected chi connectivity index (χ0v) is 10.6. The average Bonchev–Trinajstić information content (AvgIpc) is 2.71. The van der Waals surface area contributed by atoms with E-state index in [2.05, 4.69) is 0 Å². The van der Waals surface area contributed by atoms with Crippen LogP contribution in [0.2, 0.25) is 5.02 Å². The van der Waals surface area contributed by atoms with Crippen molar-refractivity contribution in [3.8, 4) is 0 Å². The highest BCUT2D eigenvalue weighted by molar-refractivity contribution is 6.31. The Hall–Kier alpha value is -1.80. The molecule has 2 nitrogen and oxygen atoms in total. The van der Waals surface area contributed by atoms with E-state index in [1.165, 1.54) is 0 Å². The molecule has 1 heterocycles. The molecule has 0 saturated carbocycles. The smallest absolute Gasteiger partial charge is 0.339 e. The first kappa shape index (κ1) is 11.3. The van der Waals surface area contributed by atoms with Crippen LogP contribution in [-0.2, 0) is 4.74 Å². The number of hydrogen-bond acceptors (Lipinski definition) is 2. The third kappa shape index (κ3) is 1.70. The summed E-state index contributed by atoms with van der Waals surface area (Å²) in [4.78, 5) is 11.8. The third-order valence-electron chi connectivity index (χ3n) is 3.12. The Balaban J connectivity index is 2.15. The molecule has 0 spiro atoms. The van der Waals surface area contributed by atoms with Gasteiger partial charge in [-0.05, 0) is 19.1 Å². The molecule has 1 aliphatic heterocycles. The van der Waals surface area contributed by atoms with E-state index in [9.17, 15) is 4.79 Å². The van der Waals surface area contributed by atoms with Crippen molar-refractivity contribution >= 4 is 17.6 Å². The van der Waals surface area contributed by atoms with Gasteiger partial charge in [-0.2, -0.15) is 0 Å². The van der Waals surface area contributed by atoms with Gasteiger partial charge in [-0.25, -0.2) is 4.79 Å². The van der Waals surface area contributed by atoms with Crippen LogP contribution in [0.25, 0.3) is 0 Å². The lowest BCUT2D eigenvalue weighted by atomic mass is 9.98. The number of ether oxygens (including phenoxy) is 1. The van der Waals surface area contributed by atoms with Crippen LogP contribution in [-0.4, -0.2) is 5.97 Å². The molecule has 3 rings (SSSR count). The van der Waals surface area contributed by atoms with Gasteiger partial charge in [0, 0.05) is 16.1 Å². The Morgan fingerprint density at radius 1 is 1.11 bits per heavy atom. The zero-order chi connectivity index (χ0) is 12.7. The maximum atomic E-state index is 11.8. The van der Waals surface area contributed by atoms with Gasteiger partial charge >= 0.3 is 5.97 Å². The van der Waals surface area contributed by atoms with Gasteiger partial charge in [-0.1, -0.05) is 47.5 Å². The van der Waals surface area contributed by atoms with E-state index in [1.807, 2.05) is 43.3 Å². The molecule has 0 aromatic heterocycles. The fraction of sp³-hybridized carbons (Fsp3) is 0.133. The van der Waals surface area contributed by atoms with Gasteiger partial charge in [0.25, 0.3) is 0 Å². The summed E-state index contributed by atoms with van der Waals surface area (Å²) in [6.45, 7) is 1.99. The van der Waals surface area contributed by atoms with Gasteiger partial charge in [0.1, 0.15) is 0 Å². The van der Waals surface area contributed by atoms with Crippen LogP contribution < -0.4 is 0 Å². The standard InChI is InChI=1S/C15H11ClO2/c1-9-6-7-13(16)12(8-9)14-10-4-2-3-5-11(10)15(17)18-14/h2-8,14H,1H3. The van der Waals surface area contributed by atoms with Crippen molar-refractivity contribution < 1.29 is 9.53 Å². The van der Waals surface area contributed by atoms with Gasteiger partial charge in [0.15, 0.2) is 6.10 Å². The number of fused-ring (bicyclic) bond motifs is 1. The molecule has 2 aromatic carbocycles. The molecule has 18 heavy (non-hydrogen) atoms. The molecule has 0 saturated heterocycles. The summed E-state index contributed by atoms with van der Waals surface area (Å²) in [7, 11) is 0. The van der Waals surface area contributed by atoms with Gasteiger partial charge in [0.05, 0.1) is 5.56 Å².